The summed E-state index contributed by atoms with van der Waals surface area (Å²) in [6, 6.07) is 19.1. The van der Waals surface area contributed by atoms with E-state index in [0.29, 0.717) is 22.7 Å². The lowest BCUT2D eigenvalue weighted by Crippen LogP contribution is -2.18. The number of nitrogens with zero attached hydrogens (tertiary/aromatic N) is 2. The molecule has 2 aromatic carbocycles. The Morgan fingerprint density at radius 3 is 2.19 bits per heavy atom. The molecule has 4 rings (SSSR count). The van der Waals surface area contributed by atoms with Gasteiger partial charge >= 0.3 is 0 Å². The molecule has 164 valence electrons. The van der Waals surface area contributed by atoms with E-state index in [1.54, 1.807) is 54.6 Å². The second-order valence-electron chi connectivity index (χ2n) is 7.51. The zero-order valence-corrected chi connectivity index (χ0v) is 19.0. The first-order chi connectivity index (χ1) is 15.3. The first-order valence-electron chi connectivity index (χ1n) is 9.92. The van der Waals surface area contributed by atoms with Crippen molar-refractivity contribution in [2.45, 2.75) is 24.8 Å². The lowest BCUT2D eigenvalue weighted by Gasteiger charge is -2.12. The van der Waals surface area contributed by atoms with Crippen LogP contribution in [0.25, 0.3) is 5.65 Å². The summed E-state index contributed by atoms with van der Waals surface area (Å²) in [6.45, 7) is 3.71. The van der Waals surface area contributed by atoms with E-state index in [0.717, 1.165) is 0 Å². The monoisotopic (exact) mass is 468 g/mol. The van der Waals surface area contributed by atoms with Crippen LogP contribution in [0.3, 0.4) is 0 Å². The summed E-state index contributed by atoms with van der Waals surface area (Å²) in [7, 11) is -3.98. The highest BCUT2D eigenvalue weighted by Gasteiger charge is 2.28. The quantitative estimate of drug-likeness (QED) is 0.408. The van der Waals surface area contributed by atoms with E-state index in [2.05, 4.69) is 15.0 Å². The lowest BCUT2D eigenvalue weighted by atomic mass is 10.2. The topological polar surface area (TPSA) is 92.6 Å². The molecule has 7 nitrogen and oxygen atoms in total. The van der Waals surface area contributed by atoms with Crippen LogP contribution in [-0.2, 0) is 10.0 Å². The fraction of sp³-hybridized carbons (Fsp3) is 0.130. The summed E-state index contributed by atoms with van der Waals surface area (Å²) >= 11 is 6.41. The fourth-order valence-corrected chi connectivity index (χ4v) is 5.05. The number of hydrogen-bond donors (Lipinski definition) is 2. The third kappa shape index (κ3) is 4.32. The number of sulfonamides is 1. The fourth-order valence-electron chi connectivity index (χ4n) is 3.31. The van der Waals surface area contributed by atoms with E-state index in [4.69, 9.17) is 11.6 Å². The number of pyridine rings is 1. The third-order valence-electron chi connectivity index (χ3n) is 4.80. The van der Waals surface area contributed by atoms with Crippen LogP contribution in [-0.4, -0.2) is 23.7 Å². The van der Waals surface area contributed by atoms with Gasteiger partial charge in [-0.3, -0.25) is 13.9 Å². The van der Waals surface area contributed by atoms with Crippen LogP contribution in [0.5, 0.6) is 0 Å². The van der Waals surface area contributed by atoms with Gasteiger partial charge in [0, 0.05) is 17.6 Å². The van der Waals surface area contributed by atoms with Crippen molar-refractivity contribution in [1.29, 1.82) is 0 Å². The van der Waals surface area contributed by atoms with Gasteiger partial charge in [0.15, 0.2) is 5.03 Å². The van der Waals surface area contributed by atoms with Crippen molar-refractivity contribution in [3.8, 4) is 0 Å². The molecule has 2 N–H and O–H groups in total. The molecular formula is C23H21ClN4O3S. The smallest absolute Gasteiger partial charge is 0.279 e. The molecule has 0 fully saturated rings. The Bertz CT molecular complexity index is 1390. The molecule has 0 aliphatic heterocycles. The number of carbonyl (C=O) groups excluding carboxylic acids is 1. The summed E-state index contributed by atoms with van der Waals surface area (Å²) in [4.78, 5) is 17.3. The van der Waals surface area contributed by atoms with Crippen molar-refractivity contribution in [3.63, 3.8) is 0 Å². The minimum atomic E-state index is -3.98. The number of nitrogens with one attached hydrogen (secondary N) is 2. The van der Waals surface area contributed by atoms with Crippen LogP contribution in [0, 0.1) is 0 Å². The van der Waals surface area contributed by atoms with Crippen LogP contribution >= 0.6 is 11.6 Å². The minimum Gasteiger partial charge on any atom is -0.322 e. The van der Waals surface area contributed by atoms with Gasteiger partial charge in [0.05, 0.1) is 16.3 Å². The molecule has 9 heteroatoms. The van der Waals surface area contributed by atoms with Gasteiger partial charge in [-0.1, -0.05) is 61.8 Å². The zero-order valence-electron chi connectivity index (χ0n) is 17.4. The molecule has 2 aromatic heterocycles. The number of amides is 1. The first kappa shape index (κ1) is 21.9. The second-order valence-corrected chi connectivity index (χ2v) is 9.52. The van der Waals surface area contributed by atoms with Crippen molar-refractivity contribution in [1.82, 2.24) is 9.38 Å². The molecule has 0 bridgehead atoms. The molecule has 4 aromatic rings. The molecule has 0 atom stereocenters. The Kier molecular flexibility index (Phi) is 5.90. The predicted octanol–water partition coefficient (Wildman–Crippen LogP) is 5.16. The summed E-state index contributed by atoms with van der Waals surface area (Å²) in [5.41, 5.74) is 1.94. The van der Waals surface area contributed by atoms with Crippen LogP contribution < -0.4 is 10.0 Å². The summed E-state index contributed by atoms with van der Waals surface area (Å²) in [5, 5.41) is 2.88. The maximum absolute atomic E-state index is 13.3. The van der Waals surface area contributed by atoms with Crippen LogP contribution in [0.1, 0.15) is 35.8 Å². The normalized spacial score (nSPS) is 11.6. The van der Waals surface area contributed by atoms with E-state index < -0.39 is 15.9 Å². The van der Waals surface area contributed by atoms with Gasteiger partial charge in [0.1, 0.15) is 5.65 Å². The number of carbonyl (C=O) groups is 1. The van der Waals surface area contributed by atoms with Gasteiger partial charge in [-0.25, -0.2) is 4.98 Å². The third-order valence-corrected chi connectivity index (χ3v) is 6.52. The van der Waals surface area contributed by atoms with Gasteiger partial charge in [0.25, 0.3) is 15.9 Å². The Morgan fingerprint density at radius 1 is 1.00 bits per heavy atom. The van der Waals surface area contributed by atoms with Gasteiger partial charge in [0.2, 0.25) is 0 Å². The number of benzene rings is 2. The standard InChI is InChI=1S/C23H21ClN4O3S/c1-15(2)21-23(32(30,31)27-17-11-7-4-8-12-17)28-14-19(24)18(13-20(28)26-21)22(29)25-16-9-5-3-6-10-16/h3-15,27H,1-2H3,(H,25,29). The Hall–Kier alpha value is -3.36. The largest absolute Gasteiger partial charge is 0.322 e. The van der Waals surface area contributed by atoms with Gasteiger partial charge in [-0.15, -0.1) is 0 Å². The summed E-state index contributed by atoms with van der Waals surface area (Å²) in [6.07, 6.45) is 1.41. The molecular weight excluding hydrogens is 448 g/mol. The summed E-state index contributed by atoms with van der Waals surface area (Å²) in [5.74, 6) is -0.595. The van der Waals surface area contributed by atoms with E-state index in [-0.39, 0.29) is 21.5 Å². The molecule has 0 radical (unpaired) electrons. The molecule has 0 spiro atoms. The van der Waals surface area contributed by atoms with E-state index in [1.165, 1.54) is 16.7 Å². The Morgan fingerprint density at radius 2 is 1.59 bits per heavy atom. The average molecular weight is 469 g/mol. The van der Waals surface area contributed by atoms with Crippen LogP contribution in [0.15, 0.2) is 78.0 Å². The molecule has 0 saturated heterocycles. The number of rotatable bonds is 6. The maximum Gasteiger partial charge on any atom is 0.279 e. The molecule has 32 heavy (non-hydrogen) atoms. The van der Waals surface area contributed by atoms with E-state index >= 15 is 0 Å². The first-order valence-corrected chi connectivity index (χ1v) is 11.8. The maximum atomic E-state index is 13.3. The molecule has 0 saturated carbocycles. The van der Waals surface area contributed by atoms with Crippen molar-refractivity contribution >= 4 is 44.6 Å². The van der Waals surface area contributed by atoms with Crippen LogP contribution in [0.2, 0.25) is 5.02 Å². The molecule has 0 unspecified atom stereocenters. The number of para-hydroxylation sites is 2. The Labute approximate surface area is 191 Å². The van der Waals surface area contributed by atoms with Gasteiger partial charge in [-0.05, 0) is 36.2 Å². The van der Waals surface area contributed by atoms with Crippen LogP contribution in [0.4, 0.5) is 11.4 Å². The number of halogens is 1. The van der Waals surface area contributed by atoms with Crippen molar-refractivity contribution < 1.29 is 13.2 Å². The van der Waals surface area contributed by atoms with Gasteiger partial charge < -0.3 is 5.32 Å². The number of hydrogen-bond acceptors (Lipinski definition) is 4. The van der Waals surface area contributed by atoms with E-state index in [9.17, 15) is 13.2 Å². The zero-order chi connectivity index (χ0) is 22.9. The molecule has 0 aliphatic rings. The molecule has 1 amide bonds. The molecule has 0 aliphatic carbocycles. The lowest BCUT2D eigenvalue weighted by molar-refractivity contribution is 0.102. The highest BCUT2D eigenvalue weighted by molar-refractivity contribution is 7.92. The highest BCUT2D eigenvalue weighted by Crippen LogP contribution is 2.29. The van der Waals surface area contributed by atoms with Crippen molar-refractivity contribution in [2.75, 3.05) is 10.0 Å². The van der Waals surface area contributed by atoms with Gasteiger partial charge in [-0.2, -0.15) is 8.42 Å². The van der Waals surface area contributed by atoms with E-state index in [1.807, 2.05) is 19.9 Å². The summed E-state index contributed by atoms with van der Waals surface area (Å²) < 4.78 is 30.5. The average Bonchev–Trinajstić information content (AvgIpc) is 3.14. The van der Waals surface area contributed by atoms with Crippen molar-refractivity contribution in [2.24, 2.45) is 0 Å². The number of anilines is 2. The second kappa shape index (κ2) is 8.64. The number of imidazole rings is 1. The predicted molar refractivity (Wildman–Crippen MR) is 126 cm³/mol. The molecule has 2 heterocycles. The van der Waals surface area contributed by atoms with Crippen molar-refractivity contribution in [3.05, 3.63) is 89.2 Å². The number of fused-ring (bicyclic) bond motifs is 1. The highest BCUT2D eigenvalue weighted by atomic mass is 35.5. The minimum absolute atomic E-state index is 0.0109. The number of aromatic nitrogens is 2. The Balaban J connectivity index is 1.79. The SMILES string of the molecule is CC(C)c1nc2cc(C(=O)Nc3ccccc3)c(Cl)cn2c1S(=O)(=O)Nc1ccccc1.